The third kappa shape index (κ3) is 3.70. The minimum atomic E-state index is -0.133. The number of amides is 1. The van der Waals surface area contributed by atoms with Crippen molar-refractivity contribution in [2.45, 2.75) is 20.8 Å². The van der Waals surface area contributed by atoms with Crippen LogP contribution in [0.3, 0.4) is 0 Å². The van der Waals surface area contributed by atoms with Gasteiger partial charge in [-0.2, -0.15) is 0 Å². The van der Waals surface area contributed by atoms with E-state index in [2.05, 4.69) is 16.5 Å². The van der Waals surface area contributed by atoms with E-state index in [0.717, 1.165) is 33.6 Å². The lowest BCUT2D eigenvalue weighted by molar-refractivity contribution is -0.114. The normalized spacial score (nSPS) is 10.8. The number of H-pyrrole nitrogens is 1. The highest BCUT2D eigenvalue weighted by atomic mass is 16.1. The van der Waals surface area contributed by atoms with E-state index >= 15 is 0 Å². The number of hydrogen-bond donors (Lipinski definition) is 2. The summed E-state index contributed by atoms with van der Waals surface area (Å²) < 4.78 is 1.60. The van der Waals surface area contributed by atoms with Crippen LogP contribution in [-0.2, 0) is 4.79 Å². The molecule has 5 nitrogen and oxygen atoms in total. The van der Waals surface area contributed by atoms with Crippen LogP contribution < -0.4 is 10.9 Å². The molecule has 30 heavy (non-hydrogen) atoms. The van der Waals surface area contributed by atoms with Crippen LogP contribution >= 0.6 is 0 Å². The Kier molecular flexibility index (Phi) is 5.11. The van der Waals surface area contributed by atoms with Gasteiger partial charge in [0.25, 0.3) is 5.56 Å². The summed E-state index contributed by atoms with van der Waals surface area (Å²) in [6, 6.07) is 23.2. The number of para-hydroxylation sites is 1. The van der Waals surface area contributed by atoms with E-state index in [4.69, 9.17) is 0 Å². The molecule has 0 saturated heterocycles. The van der Waals surface area contributed by atoms with Crippen molar-refractivity contribution in [3.05, 3.63) is 94.3 Å². The summed E-state index contributed by atoms with van der Waals surface area (Å²) in [5.74, 6) is -0.133. The SMILES string of the molecule is CC(=O)Nc1ccc(-c2c(-c3cccc(C)c3)[nH]n(-c3ccccc3C)c2=O)cc1. The molecular formula is C25H23N3O2. The summed E-state index contributed by atoms with van der Waals surface area (Å²) in [6.45, 7) is 5.48. The fourth-order valence-corrected chi connectivity index (χ4v) is 3.62. The van der Waals surface area contributed by atoms with E-state index < -0.39 is 0 Å². The monoisotopic (exact) mass is 397 g/mol. The quantitative estimate of drug-likeness (QED) is 0.505. The zero-order valence-corrected chi connectivity index (χ0v) is 17.2. The minimum Gasteiger partial charge on any atom is -0.326 e. The van der Waals surface area contributed by atoms with Crippen molar-refractivity contribution < 1.29 is 4.79 Å². The summed E-state index contributed by atoms with van der Waals surface area (Å²) in [7, 11) is 0. The van der Waals surface area contributed by atoms with Gasteiger partial charge in [-0.05, 0) is 49.2 Å². The number of rotatable bonds is 4. The zero-order valence-electron chi connectivity index (χ0n) is 17.2. The number of benzene rings is 3. The molecule has 2 N–H and O–H groups in total. The Bertz CT molecular complexity index is 1280. The average Bonchev–Trinajstić information content (AvgIpc) is 3.06. The number of aromatic nitrogens is 2. The Balaban J connectivity index is 1.93. The number of carbonyl (C=O) groups excluding carboxylic acids is 1. The lowest BCUT2D eigenvalue weighted by Gasteiger charge is -2.06. The van der Waals surface area contributed by atoms with Crippen molar-refractivity contribution in [2.75, 3.05) is 5.32 Å². The van der Waals surface area contributed by atoms with E-state index in [1.807, 2.05) is 68.4 Å². The maximum Gasteiger partial charge on any atom is 0.279 e. The molecule has 4 aromatic rings. The molecule has 150 valence electrons. The van der Waals surface area contributed by atoms with E-state index in [-0.39, 0.29) is 11.5 Å². The molecule has 5 heteroatoms. The second kappa shape index (κ2) is 7.87. The van der Waals surface area contributed by atoms with Gasteiger partial charge in [0.2, 0.25) is 5.91 Å². The standard InChI is InChI=1S/C25H23N3O2/c1-16-7-6-9-20(15-16)24-23(19-11-13-21(14-12-19)26-18(3)29)25(30)28(27-24)22-10-5-4-8-17(22)2/h4-15,27H,1-3H3,(H,26,29). The summed E-state index contributed by atoms with van der Waals surface area (Å²) in [4.78, 5) is 24.8. The number of aryl methyl sites for hydroxylation is 2. The van der Waals surface area contributed by atoms with Gasteiger partial charge in [0, 0.05) is 18.2 Å². The average molecular weight is 397 g/mol. The van der Waals surface area contributed by atoms with Crippen molar-refractivity contribution in [1.29, 1.82) is 0 Å². The van der Waals surface area contributed by atoms with Crippen molar-refractivity contribution >= 4 is 11.6 Å². The number of aromatic amines is 1. The van der Waals surface area contributed by atoms with Crippen LogP contribution in [0.15, 0.2) is 77.6 Å². The fourth-order valence-electron chi connectivity index (χ4n) is 3.62. The molecule has 0 unspecified atom stereocenters. The van der Waals surface area contributed by atoms with E-state index in [9.17, 15) is 9.59 Å². The first-order valence-electron chi connectivity index (χ1n) is 9.80. The molecule has 4 rings (SSSR count). The number of nitrogens with zero attached hydrogens (tertiary/aromatic N) is 1. The van der Waals surface area contributed by atoms with Gasteiger partial charge >= 0.3 is 0 Å². The predicted molar refractivity (Wildman–Crippen MR) is 121 cm³/mol. The summed E-state index contributed by atoms with van der Waals surface area (Å²) in [5.41, 5.74) is 6.60. The summed E-state index contributed by atoms with van der Waals surface area (Å²) >= 11 is 0. The van der Waals surface area contributed by atoms with E-state index in [1.165, 1.54) is 6.92 Å². The highest BCUT2D eigenvalue weighted by molar-refractivity contribution is 5.89. The molecule has 0 saturated carbocycles. The molecule has 1 heterocycles. The van der Waals surface area contributed by atoms with Gasteiger partial charge in [0.15, 0.2) is 0 Å². The third-order valence-corrected chi connectivity index (χ3v) is 5.05. The largest absolute Gasteiger partial charge is 0.326 e. The molecular weight excluding hydrogens is 374 g/mol. The molecule has 0 aliphatic heterocycles. The highest BCUT2D eigenvalue weighted by Crippen LogP contribution is 2.30. The van der Waals surface area contributed by atoms with E-state index in [0.29, 0.717) is 11.3 Å². The number of carbonyl (C=O) groups is 1. The first-order valence-corrected chi connectivity index (χ1v) is 9.80. The second-order valence-corrected chi connectivity index (χ2v) is 7.42. The first kappa shape index (κ1) is 19.5. The van der Waals surface area contributed by atoms with Gasteiger partial charge in [-0.1, -0.05) is 54.1 Å². The second-order valence-electron chi connectivity index (χ2n) is 7.42. The van der Waals surface area contributed by atoms with Crippen molar-refractivity contribution in [2.24, 2.45) is 0 Å². The Hall–Kier alpha value is -3.86. The van der Waals surface area contributed by atoms with Crippen molar-refractivity contribution in [3.63, 3.8) is 0 Å². The van der Waals surface area contributed by atoms with Gasteiger partial charge in [-0.3, -0.25) is 14.7 Å². The molecule has 0 aliphatic rings. The molecule has 0 spiro atoms. The number of nitrogens with one attached hydrogen (secondary N) is 2. The lowest BCUT2D eigenvalue weighted by Crippen LogP contribution is -2.16. The van der Waals surface area contributed by atoms with Crippen LogP contribution in [0.5, 0.6) is 0 Å². The summed E-state index contributed by atoms with van der Waals surface area (Å²) in [5, 5.41) is 6.09. The first-order chi connectivity index (χ1) is 14.4. The van der Waals surface area contributed by atoms with Crippen molar-refractivity contribution in [1.82, 2.24) is 9.78 Å². The highest BCUT2D eigenvalue weighted by Gasteiger charge is 2.19. The van der Waals surface area contributed by atoms with Crippen LogP contribution in [0, 0.1) is 13.8 Å². The maximum atomic E-state index is 13.5. The molecule has 0 atom stereocenters. The van der Waals surface area contributed by atoms with Crippen LogP contribution in [0.1, 0.15) is 18.1 Å². The topological polar surface area (TPSA) is 66.9 Å². The Morgan fingerprint density at radius 3 is 2.30 bits per heavy atom. The van der Waals surface area contributed by atoms with Gasteiger partial charge in [0.1, 0.15) is 0 Å². The van der Waals surface area contributed by atoms with Gasteiger partial charge in [-0.15, -0.1) is 0 Å². The van der Waals surface area contributed by atoms with Gasteiger partial charge < -0.3 is 5.32 Å². The van der Waals surface area contributed by atoms with Crippen LogP contribution in [0.25, 0.3) is 28.1 Å². The number of hydrogen-bond acceptors (Lipinski definition) is 2. The molecule has 0 radical (unpaired) electrons. The van der Waals surface area contributed by atoms with Gasteiger partial charge in [0.05, 0.1) is 16.9 Å². The van der Waals surface area contributed by atoms with Crippen LogP contribution in [0.4, 0.5) is 5.69 Å². The van der Waals surface area contributed by atoms with Crippen LogP contribution in [-0.4, -0.2) is 15.7 Å². The predicted octanol–water partition coefficient (Wildman–Crippen LogP) is 5.07. The molecule has 3 aromatic carbocycles. The smallest absolute Gasteiger partial charge is 0.279 e. The maximum absolute atomic E-state index is 13.5. The Morgan fingerprint density at radius 2 is 1.63 bits per heavy atom. The third-order valence-electron chi connectivity index (χ3n) is 5.05. The zero-order chi connectivity index (χ0) is 21.3. The summed E-state index contributed by atoms with van der Waals surface area (Å²) in [6.07, 6.45) is 0. The number of anilines is 1. The molecule has 1 amide bonds. The molecule has 1 aromatic heterocycles. The molecule has 0 bridgehead atoms. The molecule has 0 aliphatic carbocycles. The fraction of sp³-hybridized carbons (Fsp3) is 0.120. The van der Waals surface area contributed by atoms with Gasteiger partial charge in [-0.25, -0.2) is 4.68 Å². The Labute approximate surface area is 175 Å². The van der Waals surface area contributed by atoms with E-state index in [1.54, 1.807) is 16.8 Å². The minimum absolute atomic E-state index is 0.118. The lowest BCUT2D eigenvalue weighted by atomic mass is 10.00. The Morgan fingerprint density at radius 1 is 0.900 bits per heavy atom. The van der Waals surface area contributed by atoms with Crippen LogP contribution in [0.2, 0.25) is 0 Å². The van der Waals surface area contributed by atoms with Crippen molar-refractivity contribution in [3.8, 4) is 28.1 Å². The molecule has 0 fully saturated rings.